The fourth-order valence-electron chi connectivity index (χ4n) is 4.29. The van der Waals surface area contributed by atoms with Crippen molar-refractivity contribution >= 4 is 36.9 Å². The number of hydrogen-bond donors (Lipinski definition) is 0. The summed E-state index contributed by atoms with van der Waals surface area (Å²) in [6.07, 6.45) is 5.98. The zero-order chi connectivity index (χ0) is 21.6. The van der Waals surface area contributed by atoms with Gasteiger partial charge in [-0.3, -0.25) is 0 Å². The van der Waals surface area contributed by atoms with E-state index in [1.807, 2.05) is 13.0 Å². The molecule has 0 unspecified atom stereocenters. The van der Waals surface area contributed by atoms with Gasteiger partial charge >= 0.3 is 5.97 Å². The van der Waals surface area contributed by atoms with Crippen LogP contribution in [0.2, 0.25) is 18.1 Å². The van der Waals surface area contributed by atoms with Crippen molar-refractivity contribution in [2.24, 2.45) is 5.41 Å². The highest BCUT2D eigenvalue weighted by Crippen LogP contribution is 2.66. The lowest BCUT2D eigenvalue weighted by atomic mass is 9.63. The van der Waals surface area contributed by atoms with Gasteiger partial charge in [-0.1, -0.05) is 57.2 Å². The van der Waals surface area contributed by atoms with Crippen molar-refractivity contribution in [1.82, 2.24) is 0 Å². The van der Waals surface area contributed by atoms with Crippen molar-refractivity contribution in [3.05, 3.63) is 21.8 Å². The van der Waals surface area contributed by atoms with Crippen LogP contribution in [0.15, 0.2) is 21.8 Å². The van der Waals surface area contributed by atoms with E-state index in [9.17, 15) is 4.79 Å². The third-order valence-electron chi connectivity index (χ3n) is 6.88. The van der Waals surface area contributed by atoms with Gasteiger partial charge in [0, 0.05) is 17.9 Å². The maximum absolute atomic E-state index is 12.1. The van der Waals surface area contributed by atoms with Gasteiger partial charge in [0.05, 0.1) is 12.2 Å². The van der Waals surface area contributed by atoms with Crippen molar-refractivity contribution in [2.75, 3.05) is 6.61 Å². The molecule has 2 rings (SSSR count). The molecule has 0 aromatic heterocycles. The van der Waals surface area contributed by atoms with Crippen LogP contribution in [0.5, 0.6) is 0 Å². The summed E-state index contributed by atoms with van der Waals surface area (Å²) in [6.45, 7) is 20.3. The van der Waals surface area contributed by atoms with Crippen molar-refractivity contribution < 1.29 is 18.7 Å². The highest BCUT2D eigenvalue weighted by molar-refractivity contribution is 14.1. The van der Waals surface area contributed by atoms with Crippen LogP contribution < -0.4 is 0 Å². The molecule has 0 aromatic rings. The summed E-state index contributed by atoms with van der Waals surface area (Å²) in [6, 6.07) is 0. The van der Waals surface area contributed by atoms with Crippen molar-refractivity contribution in [3.8, 4) is 0 Å². The Morgan fingerprint density at radius 2 is 1.86 bits per heavy atom. The summed E-state index contributed by atoms with van der Waals surface area (Å²) in [5.74, 6) is -0.292. The monoisotopic (exact) mass is 520 g/mol. The van der Waals surface area contributed by atoms with Gasteiger partial charge in [0.1, 0.15) is 11.2 Å². The summed E-state index contributed by atoms with van der Waals surface area (Å²) in [7, 11) is -1.83. The molecular weight excluding hydrogens is 483 g/mol. The van der Waals surface area contributed by atoms with Crippen molar-refractivity contribution in [3.63, 3.8) is 0 Å². The number of esters is 1. The van der Waals surface area contributed by atoms with Crippen LogP contribution in [0, 0.1) is 5.41 Å². The van der Waals surface area contributed by atoms with Gasteiger partial charge in [0.2, 0.25) is 0 Å². The van der Waals surface area contributed by atoms with Crippen LogP contribution in [-0.2, 0) is 18.7 Å². The highest BCUT2D eigenvalue weighted by atomic mass is 127. The molecule has 1 saturated carbocycles. The zero-order valence-electron chi connectivity index (χ0n) is 18.9. The zero-order valence-corrected chi connectivity index (χ0v) is 22.1. The van der Waals surface area contributed by atoms with Crippen molar-refractivity contribution in [2.45, 2.75) is 96.7 Å². The number of ether oxygens (including phenoxy) is 2. The molecule has 0 spiro atoms. The molecule has 2 fully saturated rings. The van der Waals surface area contributed by atoms with E-state index >= 15 is 0 Å². The normalized spacial score (nSPS) is 32.9. The Morgan fingerprint density at radius 3 is 2.32 bits per heavy atom. The summed E-state index contributed by atoms with van der Waals surface area (Å²) >= 11 is 2.08. The molecule has 1 aliphatic carbocycles. The lowest BCUT2D eigenvalue weighted by molar-refractivity contribution is -0.138. The molecule has 3 atom stereocenters. The summed E-state index contributed by atoms with van der Waals surface area (Å²) in [5, 5.41) is 0.191. The molecule has 0 N–H and O–H groups in total. The highest BCUT2D eigenvalue weighted by Gasteiger charge is 2.75. The van der Waals surface area contributed by atoms with E-state index in [4.69, 9.17) is 13.9 Å². The molecule has 0 aromatic carbocycles. The Balaban J connectivity index is 2.21. The summed E-state index contributed by atoms with van der Waals surface area (Å²) in [4.78, 5) is 12.1. The molecule has 160 valence electrons. The molecular formula is C22H37IO4Si. The molecule has 4 nitrogen and oxygen atoms in total. The SMILES string of the molecule is CCOC(=O)C(=C\I)/C=C/[C@@]12O[C@]1(C)C[C@@H](O[Si](C)(C)C(C)(C)C)CC2(C)C. The predicted molar refractivity (Wildman–Crippen MR) is 125 cm³/mol. The molecule has 2 aliphatic rings. The largest absolute Gasteiger partial charge is 0.462 e. The van der Waals surface area contributed by atoms with Gasteiger partial charge in [-0.25, -0.2) is 4.79 Å². The topological polar surface area (TPSA) is 48.1 Å². The quantitative estimate of drug-likeness (QED) is 0.105. The van der Waals surface area contributed by atoms with Gasteiger partial charge in [0.25, 0.3) is 0 Å². The van der Waals surface area contributed by atoms with Gasteiger partial charge in [-0.05, 0) is 54.6 Å². The summed E-state index contributed by atoms with van der Waals surface area (Å²) < 4.78 is 20.1. The first-order valence-corrected chi connectivity index (χ1v) is 14.3. The molecule has 0 bridgehead atoms. The molecule has 1 saturated heterocycles. The van der Waals surface area contributed by atoms with Gasteiger partial charge < -0.3 is 13.9 Å². The molecule has 0 amide bonds. The van der Waals surface area contributed by atoms with Crippen LogP contribution in [0.3, 0.4) is 0 Å². The molecule has 0 radical (unpaired) electrons. The number of halogens is 1. The number of carbonyl (C=O) groups excluding carboxylic acids is 1. The predicted octanol–water partition coefficient (Wildman–Crippen LogP) is 6.16. The van der Waals surface area contributed by atoms with Crippen LogP contribution in [-0.4, -0.2) is 38.2 Å². The number of epoxide rings is 1. The maximum Gasteiger partial charge on any atom is 0.338 e. The van der Waals surface area contributed by atoms with E-state index in [0.29, 0.717) is 12.2 Å². The number of hydrogen-bond acceptors (Lipinski definition) is 4. The van der Waals surface area contributed by atoms with E-state index in [2.05, 4.69) is 83.3 Å². The van der Waals surface area contributed by atoms with Crippen LogP contribution >= 0.6 is 22.6 Å². The molecule has 1 heterocycles. The van der Waals surface area contributed by atoms with Gasteiger partial charge in [0.15, 0.2) is 8.32 Å². The summed E-state index contributed by atoms with van der Waals surface area (Å²) in [5.41, 5.74) is -0.159. The van der Waals surface area contributed by atoms with E-state index in [-0.39, 0.29) is 33.7 Å². The first-order valence-electron chi connectivity index (χ1n) is 10.2. The van der Waals surface area contributed by atoms with Crippen molar-refractivity contribution in [1.29, 1.82) is 0 Å². The molecule has 28 heavy (non-hydrogen) atoms. The average Bonchev–Trinajstić information content (AvgIpc) is 3.12. The fourth-order valence-corrected chi connectivity index (χ4v) is 6.10. The third kappa shape index (κ3) is 4.30. The third-order valence-corrected chi connectivity index (χ3v) is 12.1. The minimum absolute atomic E-state index is 0.0887. The van der Waals surface area contributed by atoms with Crippen LogP contribution in [0.1, 0.15) is 61.3 Å². The van der Waals surface area contributed by atoms with E-state index in [1.54, 1.807) is 4.08 Å². The lowest BCUT2D eigenvalue weighted by Gasteiger charge is -2.45. The second-order valence-electron chi connectivity index (χ2n) is 10.5. The Labute approximate surface area is 185 Å². The van der Waals surface area contributed by atoms with Crippen LogP contribution in [0.4, 0.5) is 0 Å². The number of carbonyl (C=O) groups is 1. The molecule has 6 heteroatoms. The first kappa shape index (κ1) is 24.1. The van der Waals surface area contributed by atoms with E-state index in [0.717, 1.165) is 12.8 Å². The van der Waals surface area contributed by atoms with Crippen LogP contribution in [0.25, 0.3) is 0 Å². The average molecular weight is 521 g/mol. The maximum atomic E-state index is 12.1. The number of fused-ring (bicyclic) bond motifs is 1. The van der Waals surface area contributed by atoms with E-state index < -0.39 is 8.32 Å². The standard InChI is InChI=1S/C22H37IO4Si/c1-10-25-18(24)16(15-23)11-12-22-20(5,6)13-17(14-21(22,7)27-22)26-28(8,9)19(2,3)4/h11-12,15,17H,10,13-14H2,1-9H3/b12-11+,16-15-/t17-,21+,22-/m0/s1. The Kier molecular flexibility index (Phi) is 6.73. The Morgan fingerprint density at radius 1 is 1.25 bits per heavy atom. The minimum Gasteiger partial charge on any atom is -0.462 e. The second-order valence-corrected chi connectivity index (χ2v) is 15.9. The molecule has 1 aliphatic heterocycles. The Hall–Kier alpha value is -0.183. The fraction of sp³-hybridized carbons (Fsp3) is 0.773. The van der Waals surface area contributed by atoms with E-state index in [1.165, 1.54) is 0 Å². The van der Waals surface area contributed by atoms with Gasteiger partial charge in [-0.2, -0.15) is 0 Å². The number of rotatable bonds is 6. The first-order chi connectivity index (χ1) is 12.6. The smallest absolute Gasteiger partial charge is 0.338 e. The Bertz CT molecular complexity index is 677. The van der Waals surface area contributed by atoms with Gasteiger partial charge in [-0.15, -0.1) is 0 Å². The minimum atomic E-state index is -1.83. The lowest BCUT2D eigenvalue weighted by Crippen LogP contribution is -2.51. The second kappa shape index (κ2) is 7.82.